The van der Waals surface area contributed by atoms with Crippen molar-refractivity contribution in [2.45, 2.75) is 333 Å². The van der Waals surface area contributed by atoms with E-state index >= 15 is 0 Å². The van der Waals surface area contributed by atoms with Gasteiger partial charge in [0, 0.05) is 0 Å². The quantitative estimate of drug-likeness (QED) is 0.0479. The molecule has 5 unspecified atom stereocenters. The second kappa shape index (κ2) is 32.3. The molecule has 0 aromatic heterocycles. The van der Waals surface area contributed by atoms with Crippen LogP contribution in [0.2, 0.25) is 0 Å². The van der Waals surface area contributed by atoms with E-state index < -0.39 is 16.2 Å². The minimum Gasteiger partial charge on any atom is -0.438 e. The molecule has 0 radical (unpaired) electrons. The van der Waals surface area contributed by atoms with Crippen LogP contribution in [-0.4, -0.2) is 93.3 Å². The molecule has 560 valence electrons. The van der Waals surface area contributed by atoms with Gasteiger partial charge in [0.15, 0.2) is 34.0 Å². The lowest BCUT2D eigenvalue weighted by Crippen LogP contribution is -2.52. The maximum absolute atomic E-state index is 12.0. The first kappa shape index (κ1) is 77.8. The summed E-state index contributed by atoms with van der Waals surface area (Å²) in [5, 5.41) is 0. The molecule has 0 N–H and O–H groups in total. The Kier molecular flexibility index (Phi) is 25.6. The van der Waals surface area contributed by atoms with Gasteiger partial charge in [0.05, 0.1) is 57.6 Å². The van der Waals surface area contributed by atoms with E-state index in [1.165, 1.54) is 161 Å². The molecule has 0 saturated heterocycles. The van der Waals surface area contributed by atoms with Gasteiger partial charge in [0.1, 0.15) is 0 Å². The van der Waals surface area contributed by atoms with E-state index in [1.54, 1.807) is 0 Å². The van der Waals surface area contributed by atoms with Gasteiger partial charge in [-0.25, -0.2) is 0 Å². The molecule has 18 saturated carbocycles. The van der Waals surface area contributed by atoms with Gasteiger partial charge >= 0.3 is 29.8 Å². The van der Waals surface area contributed by atoms with Crippen LogP contribution in [-0.2, 0) is 71.3 Å². The molecule has 18 bridgehead atoms. The third-order valence-electron chi connectivity index (χ3n) is 29.2. The molecule has 18 fully saturated rings. The van der Waals surface area contributed by atoms with Crippen LogP contribution in [0.3, 0.4) is 0 Å². The minimum atomic E-state index is -0.419. The predicted molar refractivity (Wildman–Crippen MR) is 378 cm³/mol. The Hall–Kier alpha value is -2.85. The molecule has 5 atom stereocenters. The standard InChI is InChI=1S/2C17H28O3.C17H30O3.2C16H26O3/c1-4-16(2,3)15(18)19-11-20-17-8-12-5-13(9-17)7-14(6-12)10-17;1-4-17(2,3)16(18)20-10-19-15-13-6-11-5-12(8-13)9-14(15)7-11;1-7-15(2,3)14(18)20-11-19-13-16(4,5)12-8-9-17(13,6)10-12;1-3-11(2)15(17)18-10-19-16-7-12-4-13(8-16)6-14(5-12)9-16;1-3-10(2)16(17)19-9-18-15-13-5-11-4-12(7-13)8-14(15)6-11/h12-14H,4-11H2,1-3H3;11-15H,4-10H2,1-3H3;12-13H,7-11H2,1-6H3;11-14H,3-10H2,1-2H3;10-15H,3-9H2,1-2H3. The maximum atomic E-state index is 12.0. The van der Waals surface area contributed by atoms with E-state index in [9.17, 15) is 24.0 Å². The molecule has 15 heteroatoms. The number of hydrogen-bond acceptors (Lipinski definition) is 15. The second-order valence-electron chi connectivity index (χ2n) is 38.2. The van der Waals surface area contributed by atoms with Gasteiger partial charge in [-0.15, -0.1) is 0 Å². The first-order chi connectivity index (χ1) is 46.3. The fraction of sp³-hybridized carbons (Fsp3) is 0.940. The first-order valence-corrected chi connectivity index (χ1v) is 40.3. The van der Waals surface area contributed by atoms with Gasteiger partial charge in [-0.05, 0) is 334 Å². The lowest BCUT2D eigenvalue weighted by molar-refractivity contribution is -0.215. The highest BCUT2D eigenvalue weighted by Gasteiger charge is 2.61. The summed E-state index contributed by atoms with van der Waals surface area (Å²) in [6.07, 6.45) is 38.0. The molecule has 18 aliphatic rings. The van der Waals surface area contributed by atoms with E-state index in [2.05, 4.69) is 20.8 Å². The third-order valence-corrected chi connectivity index (χ3v) is 29.2. The minimum absolute atomic E-state index is 0.0119. The predicted octanol–water partition coefficient (Wildman–Crippen LogP) is 18.7. The van der Waals surface area contributed by atoms with E-state index in [-0.39, 0.29) is 104 Å². The Labute approximate surface area is 593 Å². The fourth-order valence-electron chi connectivity index (χ4n) is 22.9. The van der Waals surface area contributed by atoms with Gasteiger partial charge in [-0.2, -0.15) is 0 Å². The number of rotatable bonds is 25. The van der Waals surface area contributed by atoms with Gasteiger partial charge < -0.3 is 47.4 Å². The topological polar surface area (TPSA) is 178 Å². The van der Waals surface area contributed by atoms with Crippen molar-refractivity contribution in [3.05, 3.63) is 0 Å². The summed E-state index contributed by atoms with van der Waals surface area (Å²) in [4.78, 5) is 59.2. The number of ether oxygens (including phenoxy) is 10. The van der Waals surface area contributed by atoms with Crippen LogP contribution in [0, 0.1) is 128 Å². The monoisotopic (exact) mass is 1380 g/mol. The molecule has 15 nitrogen and oxygen atoms in total. The number of hydrogen-bond donors (Lipinski definition) is 0. The average molecular weight is 1380 g/mol. The van der Waals surface area contributed by atoms with Crippen LogP contribution < -0.4 is 0 Å². The normalized spacial score (nSPS) is 39.1. The summed E-state index contributed by atoms with van der Waals surface area (Å²) in [6.45, 7) is 33.0. The van der Waals surface area contributed by atoms with Crippen molar-refractivity contribution < 1.29 is 71.3 Å². The van der Waals surface area contributed by atoms with Crippen molar-refractivity contribution in [3.8, 4) is 0 Å². The average Bonchev–Trinajstić information content (AvgIpc) is 1.50. The summed E-state index contributed by atoms with van der Waals surface area (Å²) in [5.41, 5.74) is -0.674. The summed E-state index contributed by atoms with van der Waals surface area (Å²) < 4.78 is 56.7. The molecule has 98 heavy (non-hydrogen) atoms. The molecule has 0 aromatic carbocycles. The van der Waals surface area contributed by atoms with Crippen molar-refractivity contribution in [1.82, 2.24) is 0 Å². The van der Waals surface area contributed by atoms with Gasteiger partial charge in [0.2, 0.25) is 0 Å². The van der Waals surface area contributed by atoms with Crippen LogP contribution in [0.25, 0.3) is 0 Å². The molecule has 0 heterocycles. The Bertz CT molecular complexity index is 2520. The van der Waals surface area contributed by atoms with Gasteiger partial charge in [0.25, 0.3) is 0 Å². The third kappa shape index (κ3) is 18.4. The fourth-order valence-corrected chi connectivity index (χ4v) is 22.9. The lowest BCUT2D eigenvalue weighted by Gasteiger charge is -2.56. The van der Waals surface area contributed by atoms with Crippen LogP contribution in [0.15, 0.2) is 0 Å². The van der Waals surface area contributed by atoms with Crippen molar-refractivity contribution >= 4 is 29.8 Å². The highest BCUT2D eigenvalue weighted by molar-refractivity contribution is 5.76. The van der Waals surface area contributed by atoms with Crippen LogP contribution in [0.5, 0.6) is 0 Å². The molecule has 18 rings (SSSR count). The van der Waals surface area contributed by atoms with E-state index in [1.807, 2.05) is 90.0 Å². The molecule has 0 aromatic rings. The number of fused-ring (bicyclic) bond motifs is 2. The van der Waals surface area contributed by atoms with Crippen molar-refractivity contribution in [2.75, 3.05) is 34.0 Å². The zero-order chi connectivity index (χ0) is 70.8. The summed E-state index contributed by atoms with van der Waals surface area (Å²) >= 11 is 0. The summed E-state index contributed by atoms with van der Waals surface area (Å²) in [7, 11) is 0. The van der Waals surface area contributed by atoms with Crippen LogP contribution >= 0.6 is 0 Å². The molecule has 0 amide bonds. The molecule has 0 aliphatic heterocycles. The number of carbonyl (C=O) groups excluding carboxylic acids is 5. The van der Waals surface area contributed by atoms with Crippen molar-refractivity contribution in [2.24, 2.45) is 128 Å². The Balaban J connectivity index is 0.000000133. The zero-order valence-corrected chi connectivity index (χ0v) is 64.4. The second-order valence-corrected chi connectivity index (χ2v) is 38.2. The Morgan fingerprint density at radius 2 is 0.663 bits per heavy atom. The maximum Gasteiger partial charge on any atom is 0.313 e. The highest BCUT2D eigenvalue weighted by Crippen LogP contribution is 2.64. The Morgan fingerprint density at radius 3 is 0.969 bits per heavy atom. The number of carbonyl (C=O) groups is 5. The molecular weight excluding hydrogens is 1240 g/mol. The smallest absolute Gasteiger partial charge is 0.313 e. The zero-order valence-electron chi connectivity index (χ0n) is 64.4. The Morgan fingerprint density at radius 1 is 0.378 bits per heavy atom. The molecule has 18 aliphatic carbocycles. The van der Waals surface area contributed by atoms with Crippen LogP contribution in [0.1, 0.15) is 303 Å². The molecule has 0 spiro atoms. The summed E-state index contributed by atoms with van der Waals surface area (Å²) in [5.74, 6) is 12.0. The first-order valence-electron chi connectivity index (χ1n) is 40.3. The van der Waals surface area contributed by atoms with E-state index in [0.717, 1.165) is 121 Å². The van der Waals surface area contributed by atoms with Gasteiger partial charge in [-0.3, -0.25) is 24.0 Å². The lowest BCUT2D eigenvalue weighted by atomic mass is 9.54. The SMILES string of the molecule is CCC(C)(C)C(=O)OCOC12CC3CC(CC(C3)C1)C2.CCC(C)(C)C(=O)OCOC1C2(C)CCC(C2)C1(C)C.CCC(C)(C)C(=O)OCOC1C2CC3CC(C2)CC1C3.CCC(C)C(=O)OCOC12CC3CC(CC(C3)C1)C2.CCC(C)C(=O)OCOC1C2CC3CC(C2)CC1C3. The van der Waals surface area contributed by atoms with Crippen molar-refractivity contribution in [3.63, 3.8) is 0 Å². The molecular formula is C83H138O15. The van der Waals surface area contributed by atoms with Crippen LogP contribution in [0.4, 0.5) is 0 Å². The largest absolute Gasteiger partial charge is 0.438 e. The van der Waals surface area contributed by atoms with Crippen molar-refractivity contribution in [1.29, 1.82) is 0 Å². The van der Waals surface area contributed by atoms with E-state index in [4.69, 9.17) is 47.4 Å². The van der Waals surface area contributed by atoms with Gasteiger partial charge in [-0.1, -0.05) is 69.2 Å². The highest BCUT2D eigenvalue weighted by atomic mass is 16.7. The van der Waals surface area contributed by atoms with E-state index in [0.29, 0.717) is 12.2 Å². The summed E-state index contributed by atoms with van der Waals surface area (Å²) in [6, 6.07) is 0. The number of esters is 5.